The van der Waals surface area contributed by atoms with Gasteiger partial charge in [0.1, 0.15) is 5.15 Å². The van der Waals surface area contributed by atoms with Crippen molar-refractivity contribution in [1.82, 2.24) is 24.3 Å². The zero-order valence-electron chi connectivity index (χ0n) is 15.8. The molecular formula is C19H23ClN6. The molecule has 0 radical (unpaired) electrons. The molecule has 26 heavy (non-hydrogen) atoms. The zero-order valence-corrected chi connectivity index (χ0v) is 16.5. The zero-order chi connectivity index (χ0) is 18.6. The molecule has 3 aromatic rings. The summed E-state index contributed by atoms with van der Waals surface area (Å²) in [5, 5.41) is 8.76. The maximum absolute atomic E-state index is 6.37. The quantitative estimate of drug-likeness (QED) is 0.731. The Morgan fingerprint density at radius 1 is 1.23 bits per heavy atom. The van der Waals surface area contributed by atoms with Gasteiger partial charge < -0.3 is 9.88 Å². The third kappa shape index (κ3) is 2.60. The highest BCUT2D eigenvalue weighted by atomic mass is 35.5. The third-order valence-electron chi connectivity index (χ3n) is 4.98. The minimum atomic E-state index is 0.307. The van der Waals surface area contributed by atoms with Crippen molar-refractivity contribution in [2.75, 3.05) is 5.32 Å². The van der Waals surface area contributed by atoms with Crippen LogP contribution in [-0.2, 0) is 13.0 Å². The number of nitrogens with one attached hydrogen (secondary N) is 1. The lowest BCUT2D eigenvalue weighted by Gasteiger charge is -2.20. The summed E-state index contributed by atoms with van der Waals surface area (Å²) >= 11 is 6.37. The number of halogens is 1. The van der Waals surface area contributed by atoms with Crippen LogP contribution in [0, 0.1) is 20.8 Å². The lowest BCUT2D eigenvalue weighted by atomic mass is 10.0. The Kier molecular flexibility index (Phi) is 4.03. The van der Waals surface area contributed by atoms with Crippen molar-refractivity contribution in [2.45, 2.75) is 53.6 Å². The Labute approximate surface area is 158 Å². The monoisotopic (exact) mass is 370 g/mol. The van der Waals surface area contributed by atoms with Crippen LogP contribution in [0.5, 0.6) is 0 Å². The van der Waals surface area contributed by atoms with Crippen molar-refractivity contribution < 1.29 is 0 Å². The van der Waals surface area contributed by atoms with Crippen molar-refractivity contribution in [3.63, 3.8) is 0 Å². The van der Waals surface area contributed by atoms with Gasteiger partial charge in [-0.1, -0.05) is 11.6 Å². The second-order valence-corrected chi connectivity index (χ2v) is 7.56. The van der Waals surface area contributed by atoms with E-state index in [0.717, 1.165) is 57.7 Å². The summed E-state index contributed by atoms with van der Waals surface area (Å²) in [6.45, 7) is 11.3. The summed E-state index contributed by atoms with van der Waals surface area (Å²) < 4.78 is 4.15. The highest BCUT2D eigenvalue weighted by Crippen LogP contribution is 2.35. The highest BCUT2D eigenvalue weighted by molar-refractivity contribution is 6.30. The SMILES string of the molecule is Cc1cc(Cl)n2c1-c1nc(Nc3c(C)nn(C(C)C)c3C)ncc1CC2. The van der Waals surface area contributed by atoms with E-state index in [1.807, 2.05) is 23.9 Å². The van der Waals surface area contributed by atoms with Crippen LogP contribution < -0.4 is 5.32 Å². The third-order valence-corrected chi connectivity index (χ3v) is 5.29. The first-order valence-electron chi connectivity index (χ1n) is 8.91. The number of rotatable bonds is 3. The fourth-order valence-electron chi connectivity index (χ4n) is 3.72. The van der Waals surface area contributed by atoms with Crippen LogP contribution in [-0.4, -0.2) is 24.3 Å². The fourth-order valence-corrected chi connectivity index (χ4v) is 4.06. The summed E-state index contributed by atoms with van der Waals surface area (Å²) in [6, 6.07) is 2.31. The minimum absolute atomic E-state index is 0.307. The first-order valence-corrected chi connectivity index (χ1v) is 9.29. The summed E-state index contributed by atoms with van der Waals surface area (Å²) in [7, 11) is 0. The van der Waals surface area contributed by atoms with Crippen LogP contribution in [0.1, 0.15) is 42.4 Å². The molecule has 0 unspecified atom stereocenters. The molecule has 7 heteroatoms. The molecule has 4 heterocycles. The van der Waals surface area contributed by atoms with Gasteiger partial charge in [-0.2, -0.15) is 5.10 Å². The van der Waals surface area contributed by atoms with Crippen molar-refractivity contribution in [1.29, 1.82) is 0 Å². The van der Waals surface area contributed by atoms with Gasteiger partial charge in [-0.05, 0) is 52.7 Å². The number of anilines is 2. The molecule has 136 valence electrons. The van der Waals surface area contributed by atoms with Crippen molar-refractivity contribution in [3.8, 4) is 11.4 Å². The van der Waals surface area contributed by atoms with E-state index >= 15 is 0 Å². The molecule has 0 aromatic carbocycles. The molecule has 0 atom stereocenters. The van der Waals surface area contributed by atoms with Crippen LogP contribution in [0.3, 0.4) is 0 Å². The second kappa shape index (κ2) is 6.13. The number of nitrogens with zero attached hydrogens (tertiary/aromatic N) is 5. The molecule has 0 aliphatic carbocycles. The number of aromatic nitrogens is 5. The molecular weight excluding hydrogens is 348 g/mol. The molecule has 6 nitrogen and oxygen atoms in total. The van der Waals surface area contributed by atoms with E-state index in [-0.39, 0.29) is 0 Å². The highest BCUT2D eigenvalue weighted by Gasteiger charge is 2.23. The van der Waals surface area contributed by atoms with Gasteiger partial charge in [0.05, 0.1) is 28.5 Å². The first-order chi connectivity index (χ1) is 12.4. The van der Waals surface area contributed by atoms with Gasteiger partial charge in [0, 0.05) is 24.3 Å². The van der Waals surface area contributed by atoms with Gasteiger partial charge in [0.2, 0.25) is 5.95 Å². The van der Waals surface area contributed by atoms with Crippen LogP contribution in [0.15, 0.2) is 12.3 Å². The first kappa shape index (κ1) is 17.1. The summed E-state index contributed by atoms with van der Waals surface area (Å²) in [5.74, 6) is 0.587. The average molecular weight is 371 g/mol. The van der Waals surface area contributed by atoms with Crippen molar-refractivity contribution in [2.24, 2.45) is 0 Å². The van der Waals surface area contributed by atoms with Crippen molar-refractivity contribution >= 4 is 23.2 Å². The van der Waals surface area contributed by atoms with E-state index in [1.165, 1.54) is 0 Å². The van der Waals surface area contributed by atoms with E-state index in [0.29, 0.717) is 12.0 Å². The van der Waals surface area contributed by atoms with E-state index < -0.39 is 0 Å². The van der Waals surface area contributed by atoms with Crippen LogP contribution >= 0.6 is 11.6 Å². The van der Waals surface area contributed by atoms with Crippen LogP contribution in [0.25, 0.3) is 11.4 Å². The van der Waals surface area contributed by atoms with E-state index in [9.17, 15) is 0 Å². The van der Waals surface area contributed by atoms with Gasteiger partial charge in [0.15, 0.2) is 0 Å². The molecule has 1 aliphatic heterocycles. The predicted octanol–water partition coefficient (Wildman–Crippen LogP) is 4.60. The molecule has 0 saturated heterocycles. The molecule has 4 rings (SSSR count). The van der Waals surface area contributed by atoms with Gasteiger partial charge >= 0.3 is 0 Å². The fraction of sp³-hybridized carbons (Fsp3) is 0.421. The number of aryl methyl sites for hydroxylation is 3. The Morgan fingerprint density at radius 2 is 2.00 bits per heavy atom. The Balaban J connectivity index is 1.76. The minimum Gasteiger partial charge on any atom is -0.330 e. The molecule has 3 aromatic heterocycles. The van der Waals surface area contributed by atoms with Crippen LogP contribution in [0.4, 0.5) is 11.6 Å². The largest absolute Gasteiger partial charge is 0.330 e. The molecule has 1 aliphatic rings. The topological polar surface area (TPSA) is 60.6 Å². The Hall–Kier alpha value is -2.34. The molecule has 0 saturated carbocycles. The lowest BCUT2D eigenvalue weighted by Crippen LogP contribution is -2.14. The van der Waals surface area contributed by atoms with Crippen LogP contribution in [0.2, 0.25) is 5.15 Å². The second-order valence-electron chi connectivity index (χ2n) is 7.18. The Bertz CT molecular complexity index is 998. The molecule has 0 amide bonds. The summed E-state index contributed by atoms with van der Waals surface area (Å²) in [4.78, 5) is 9.35. The normalized spacial score (nSPS) is 13.0. The maximum atomic E-state index is 6.37. The molecule has 0 spiro atoms. The Morgan fingerprint density at radius 3 is 2.69 bits per heavy atom. The van der Waals surface area contributed by atoms with Gasteiger partial charge in [-0.15, -0.1) is 0 Å². The molecule has 1 N–H and O–H groups in total. The summed E-state index contributed by atoms with van der Waals surface area (Å²) in [5.41, 5.74) is 7.35. The van der Waals surface area contributed by atoms with Gasteiger partial charge in [-0.25, -0.2) is 9.97 Å². The number of fused-ring (bicyclic) bond motifs is 3. The van der Waals surface area contributed by atoms with Gasteiger partial charge in [0.25, 0.3) is 0 Å². The number of hydrogen-bond donors (Lipinski definition) is 1. The van der Waals surface area contributed by atoms with E-state index in [1.54, 1.807) is 0 Å². The van der Waals surface area contributed by atoms with Crippen molar-refractivity contribution in [3.05, 3.63) is 39.9 Å². The van der Waals surface area contributed by atoms with E-state index in [4.69, 9.17) is 16.6 Å². The smallest absolute Gasteiger partial charge is 0.227 e. The number of hydrogen-bond acceptors (Lipinski definition) is 4. The lowest BCUT2D eigenvalue weighted by molar-refractivity contribution is 0.516. The van der Waals surface area contributed by atoms with Gasteiger partial charge in [-0.3, -0.25) is 4.68 Å². The standard InChI is InChI=1S/C19H23ClN6/c1-10(2)26-13(5)16(12(4)24-26)22-19-21-9-14-6-7-25-15(20)8-11(3)18(25)17(14)23-19/h8-10H,6-7H2,1-5H3,(H,21,22,23). The summed E-state index contributed by atoms with van der Waals surface area (Å²) in [6.07, 6.45) is 2.81. The molecule has 0 bridgehead atoms. The van der Waals surface area contributed by atoms with E-state index in [2.05, 4.69) is 47.7 Å². The average Bonchev–Trinajstić information content (AvgIpc) is 3.05. The maximum Gasteiger partial charge on any atom is 0.227 e. The molecule has 0 fully saturated rings. The predicted molar refractivity (Wildman–Crippen MR) is 104 cm³/mol.